The zero-order valence-electron chi connectivity index (χ0n) is 21.0. The number of amides is 1. The Morgan fingerprint density at radius 2 is 2.00 bits per heavy atom. The number of nitrogens with two attached hydrogens (primary N) is 1. The number of nitrogen functional groups attached to an aromatic ring is 1. The fourth-order valence-electron chi connectivity index (χ4n) is 5.58. The molecule has 3 aliphatic rings. The van der Waals surface area contributed by atoms with Crippen LogP contribution in [0.15, 0.2) is 23.3 Å². The molecule has 10 nitrogen and oxygen atoms in total. The molecule has 0 aliphatic carbocycles. The quantitative estimate of drug-likeness (QED) is 0.585. The van der Waals surface area contributed by atoms with Gasteiger partial charge in [-0.3, -0.25) is 14.7 Å². The van der Waals surface area contributed by atoms with Crippen LogP contribution in [-0.4, -0.2) is 94.4 Å². The van der Waals surface area contributed by atoms with Crippen LogP contribution in [0.25, 0.3) is 0 Å². The number of likely N-dealkylation sites (tertiary alicyclic amines) is 1. The number of nitrogens with one attached hydrogen (secondary N) is 1. The van der Waals surface area contributed by atoms with E-state index in [4.69, 9.17) is 27.3 Å². The van der Waals surface area contributed by atoms with Gasteiger partial charge >= 0.3 is 0 Å². The number of rotatable bonds is 5. The summed E-state index contributed by atoms with van der Waals surface area (Å²) < 4.78 is 0. The van der Waals surface area contributed by atoms with Crippen molar-refractivity contribution in [3.63, 3.8) is 0 Å². The second-order valence-corrected chi connectivity index (χ2v) is 10.0. The minimum atomic E-state index is -0.0664. The summed E-state index contributed by atoms with van der Waals surface area (Å²) in [7, 11) is 0. The minimum absolute atomic E-state index is 0.0664. The highest BCUT2D eigenvalue weighted by Crippen LogP contribution is 2.27. The fourth-order valence-corrected chi connectivity index (χ4v) is 5.73. The average Bonchev–Trinajstić information content (AvgIpc) is 3.43. The number of halogens is 1. The number of anilines is 2. The molecule has 3 aliphatic heterocycles. The van der Waals surface area contributed by atoms with Crippen molar-refractivity contribution in [2.75, 3.05) is 56.4 Å². The summed E-state index contributed by atoms with van der Waals surface area (Å²) in [5.74, 6) is 1.93. The lowest BCUT2D eigenvalue weighted by atomic mass is 9.97. The molecule has 192 valence electrons. The molecule has 2 saturated heterocycles. The van der Waals surface area contributed by atoms with E-state index in [1.54, 1.807) is 12.1 Å². The van der Waals surface area contributed by atoms with Crippen LogP contribution in [0.4, 0.5) is 11.6 Å². The van der Waals surface area contributed by atoms with E-state index in [1.165, 1.54) is 0 Å². The molecule has 0 bridgehead atoms. The van der Waals surface area contributed by atoms with Crippen molar-refractivity contribution in [1.82, 2.24) is 30.1 Å². The van der Waals surface area contributed by atoms with Crippen LogP contribution in [-0.2, 0) is 0 Å². The van der Waals surface area contributed by atoms with E-state index in [2.05, 4.69) is 32.0 Å². The summed E-state index contributed by atoms with van der Waals surface area (Å²) >= 11 is 5.89. The number of pyridine rings is 1. The standard InChI is InChI=1S/C25H34ClN9O/c1-3-17-15-34(24-16(2)31-20(14-30-24)23-28-8-9-29-23)12-13-35(17)18-6-10-33(11-7-18)25(36)19-4-5-21(26)32-22(19)27/h4-5,14,17-18H,3,6-13,15H2,1-2H3,(H2,27,32)(H,28,29)/t17-/m0/s1. The van der Waals surface area contributed by atoms with Crippen molar-refractivity contribution in [2.45, 2.75) is 45.2 Å². The molecule has 36 heavy (non-hydrogen) atoms. The van der Waals surface area contributed by atoms with Crippen LogP contribution in [0.1, 0.15) is 47.9 Å². The van der Waals surface area contributed by atoms with E-state index in [9.17, 15) is 4.79 Å². The van der Waals surface area contributed by atoms with Gasteiger partial charge in [-0.1, -0.05) is 18.5 Å². The van der Waals surface area contributed by atoms with Gasteiger partial charge in [-0.25, -0.2) is 15.0 Å². The molecule has 1 atom stereocenters. The summed E-state index contributed by atoms with van der Waals surface area (Å²) in [5.41, 5.74) is 8.13. The number of aliphatic imine (C=N–C) groups is 1. The average molecular weight is 512 g/mol. The smallest absolute Gasteiger partial charge is 0.257 e. The Morgan fingerprint density at radius 1 is 1.19 bits per heavy atom. The van der Waals surface area contributed by atoms with Crippen molar-refractivity contribution in [3.8, 4) is 0 Å². The molecular formula is C25H34ClN9O. The first-order valence-corrected chi connectivity index (χ1v) is 13.2. The Labute approximate surface area is 216 Å². The molecule has 0 aromatic carbocycles. The SMILES string of the molecule is CC[C@H]1CN(c2ncc(C3=NCCN3)nc2C)CCN1C1CCN(C(=O)c2ccc(Cl)nc2N)CC1. The Balaban J connectivity index is 1.20. The number of aromatic nitrogens is 3. The summed E-state index contributed by atoms with van der Waals surface area (Å²) in [6.45, 7) is 10.2. The lowest BCUT2D eigenvalue weighted by Crippen LogP contribution is -2.59. The van der Waals surface area contributed by atoms with Gasteiger partial charge in [-0.15, -0.1) is 0 Å². The van der Waals surface area contributed by atoms with Crippen molar-refractivity contribution in [2.24, 2.45) is 4.99 Å². The van der Waals surface area contributed by atoms with E-state index in [0.717, 1.165) is 75.0 Å². The zero-order valence-corrected chi connectivity index (χ0v) is 21.7. The Morgan fingerprint density at radius 3 is 2.67 bits per heavy atom. The second kappa shape index (κ2) is 10.6. The maximum atomic E-state index is 13.0. The van der Waals surface area contributed by atoms with Crippen molar-refractivity contribution in [1.29, 1.82) is 0 Å². The second-order valence-electron chi connectivity index (χ2n) is 9.66. The number of piperazine rings is 1. The Kier molecular flexibility index (Phi) is 7.25. The highest BCUT2D eigenvalue weighted by atomic mass is 35.5. The number of amidine groups is 1. The number of carbonyl (C=O) groups excluding carboxylic acids is 1. The predicted octanol–water partition coefficient (Wildman–Crippen LogP) is 1.97. The van der Waals surface area contributed by atoms with Gasteiger partial charge in [0.15, 0.2) is 0 Å². The highest BCUT2D eigenvalue weighted by Gasteiger charge is 2.35. The predicted molar refractivity (Wildman–Crippen MR) is 142 cm³/mol. The van der Waals surface area contributed by atoms with Gasteiger partial charge in [0.25, 0.3) is 5.91 Å². The summed E-state index contributed by atoms with van der Waals surface area (Å²) in [6, 6.07) is 4.18. The largest absolute Gasteiger partial charge is 0.383 e. The van der Waals surface area contributed by atoms with E-state index in [0.29, 0.717) is 35.9 Å². The molecule has 5 rings (SSSR count). The maximum absolute atomic E-state index is 13.0. The van der Waals surface area contributed by atoms with Gasteiger partial charge in [0.05, 0.1) is 24.0 Å². The first-order chi connectivity index (χ1) is 17.4. The van der Waals surface area contributed by atoms with Crippen LogP contribution in [0, 0.1) is 6.92 Å². The van der Waals surface area contributed by atoms with Gasteiger partial charge in [-0.05, 0) is 38.3 Å². The molecule has 2 aromatic heterocycles. The Bertz CT molecular complexity index is 1150. The Hall–Kier alpha value is -2.98. The molecule has 2 aromatic rings. The first kappa shape index (κ1) is 24.7. The van der Waals surface area contributed by atoms with Gasteiger partial charge in [0.1, 0.15) is 28.3 Å². The molecule has 0 radical (unpaired) electrons. The molecule has 1 amide bonds. The van der Waals surface area contributed by atoms with E-state index in [1.807, 2.05) is 18.0 Å². The molecule has 5 heterocycles. The number of hydrogen-bond acceptors (Lipinski definition) is 9. The summed E-state index contributed by atoms with van der Waals surface area (Å²) in [5, 5.41) is 3.57. The van der Waals surface area contributed by atoms with E-state index < -0.39 is 0 Å². The molecule has 0 unspecified atom stereocenters. The molecule has 11 heteroatoms. The number of piperidine rings is 1. The molecule has 0 spiro atoms. The van der Waals surface area contributed by atoms with Crippen LogP contribution >= 0.6 is 11.6 Å². The lowest BCUT2D eigenvalue weighted by Gasteiger charge is -2.47. The minimum Gasteiger partial charge on any atom is -0.383 e. The van der Waals surface area contributed by atoms with Crippen LogP contribution in [0.2, 0.25) is 5.15 Å². The van der Waals surface area contributed by atoms with Gasteiger partial charge in [0.2, 0.25) is 0 Å². The van der Waals surface area contributed by atoms with Crippen molar-refractivity contribution >= 4 is 35.0 Å². The number of nitrogens with zero attached hydrogens (tertiary/aromatic N) is 7. The normalized spacial score (nSPS) is 21.4. The molecule has 2 fully saturated rings. The molecule has 3 N–H and O–H groups in total. The van der Waals surface area contributed by atoms with E-state index in [-0.39, 0.29) is 11.7 Å². The maximum Gasteiger partial charge on any atom is 0.257 e. The molecule has 0 saturated carbocycles. The van der Waals surface area contributed by atoms with Crippen LogP contribution in [0.3, 0.4) is 0 Å². The van der Waals surface area contributed by atoms with E-state index >= 15 is 0 Å². The van der Waals surface area contributed by atoms with Gasteiger partial charge in [0, 0.05) is 51.4 Å². The summed E-state index contributed by atoms with van der Waals surface area (Å²) in [4.78, 5) is 37.9. The zero-order chi connectivity index (χ0) is 25.2. The van der Waals surface area contributed by atoms with Gasteiger partial charge in [-0.2, -0.15) is 0 Å². The fraction of sp³-hybridized carbons (Fsp3) is 0.560. The van der Waals surface area contributed by atoms with Crippen molar-refractivity contribution in [3.05, 3.63) is 40.4 Å². The number of hydrogen-bond donors (Lipinski definition) is 2. The monoisotopic (exact) mass is 511 g/mol. The topological polar surface area (TPSA) is 116 Å². The lowest BCUT2D eigenvalue weighted by molar-refractivity contribution is 0.0491. The van der Waals surface area contributed by atoms with Crippen molar-refractivity contribution < 1.29 is 4.79 Å². The third kappa shape index (κ3) is 4.97. The number of aryl methyl sites for hydroxylation is 1. The molecular weight excluding hydrogens is 478 g/mol. The van der Waals surface area contributed by atoms with Crippen LogP contribution < -0.4 is 16.0 Å². The third-order valence-corrected chi connectivity index (χ3v) is 7.69. The van der Waals surface area contributed by atoms with Crippen LogP contribution in [0.5, 0.6) is 0 Å². The number of carbonyl (C=O) groups is 1. The first-order valence-electron chi connectivity index (χ1n) is 12.8. The third-order valence-electron chi connectivity index (χ3n) is 7.48. The summed E-state index contributed by atoms with van der Waals surface area (Å²) in [6.07, 6.45) is 4.80. The highest BCUT2D eigenvalue weighted by molar-refractivity contribution is 6.29. The van der Waals surface area contributed by atoms with Gasteiger partial charge < -0.3 is 20.9 Å².